The predicted octanol–water partition coefficient (Wildman–Crippen LogP) is 9.76. The first-order valence-corrected chi connectivity index (χ1v) is 38.1. The lowest BCUT2D eigenvalue weighted by Crippen LogP contribution is -2.36. The number of aromatic nitrogens is 5. The number of amides is 4. The molecule has 4 amide bonds. The first kappa shape index (κ1) is 76.8. The Morgan fingerprint density at radius 2 is 1.05 bits per heavy atom. The van der Waals surface area contributed by atoms with E-state index in [4.69, 9.17) is 73.3 Å². The van der Waals surface area contributed by atoms with Crippen molar-refractivity contribution in [1.29, 1.82) is 5.26 Å². The second-order valence-corrected chi connectivity index (χ2v) is 28.6. The minimum absolute atomic E-state index is 0.0655. The summed E-state index contributed by atoms with van der Waals surface area (Å²) < 4.78 is 116. The zero-order valence-corrected chi connectivity index (χ0v) is 61.6. The van der Waals surface area contributed by atoms with Crippen molar-refractivity contribution >= 4 is 169 Å². The van der Waals surface area contributed by atoms with Crippen molar-refractivity contribution in [2.75, 3.05) is 129 Å². The SMILES string of the molecule is O=S(=O)=O.[C-]#[N+]/C(=C\c1sc(N=Nc2cc(OC)c(N(CC)CC)cc2Nc2nc(Nc3cc(N(CC)CC)c(OC)cc3N=Nc3nc(N4CCOCC4)c(/C=C(\C#N)N4C(=O)c5ccc(S(=O)(=O)O)cc5C4=O)s3)nc(SCC)n2)nc1N1CCOCC1)N1C(=O)c2ccc(S(=O)(=O)O)cc2C1=O. The molecule has 548 valence electrons. The summed E-state index contributed by atoms with van der Waals surface area (Å²) >= 11 is 3.35. The van der Waals surface area contributed by atoms with Crippen LogP contribution in [-0.4, -0.2) is 196 Å². The molecule has 4 N–H and O–H groups in total. The van der Waals surface area contributed by atoms with E-state index >= 15 is 0 Å². The minimum atomic E-state index is -4.75. The quantitative estimate of drug-likeness (QED) is 0.00978. The fourth-order valence-electron chi connectivity index (χ4n) is 11.2. The molecule has 4 aliphatic heterocycles. The van der Waals surface area contributed by atoms with E-state index in [2.05, 4.69) is 35.5 Å². The monoisotopic (exact) mass is 1550 g/mol. The summed E-state index contributed by atoms with van der Waals surface area (Å²) in [5, 5.41) is 36.5. The van der Waals surface area contributed by atoms with Crippen LogP contribution in [0.4, 0.5) is 67.9 Å². The van der Waals surface area contributed by atoms with Crippen molar-refractivity contribution in [3.63, 3.8) is 0 Å². The maximum absolute atomic E-state index is 13.8. The number of thioether (sulfide) groups is 1. The Kier molecular flexibility index (Phi) is 24.4. The van der Waals surface area contributed by atoms with Gasteiger partial charge < -0.3 is 54.0 Å². The molecule has 0 bridgehead atoms. The zero-order valence-electron chi connectivity index (χ0n) is 56.7. The van der Waals surface area contributed by atoms with Gasteiger partial charge in [-0.15, -0.1) is 33.1 Å². The number of azo groups is 2. The number of carbonyl (C=O) groups is 4. The van der Waals surface area contributed by atoms with E-state index in [1.165, 1.54) is 38.1 Å². The van der Waals surface area contributed by atoms with Gasteiger partial charge in [-0.25, -0.2) is 14.5 Å². The molecule has 0 radical (unpaired) electrons. The van der Waals surface area contributed by atoms with Gasteiger partial charge in [0.1, 0.15) is 46.3 Å². The number of morpholine rings is 2. The average molecular weight is 1550 g/mol. The van der Waals surface area contributed by atoms with E-state index in [0.29, 0.717) is 155 Å². The molecule has 0 aliphatic carbocycles. The number of thiazole rings is 2. The van der Waals surface area contributed by atoms with Crippen LogP contribution in [0.1, 0.15) is 85.8 Å². The Morgan fingerprint density at radius 1 is 0.638 bits per heavy atom. The number of nitriles is 1. The number of hydrogen-bond acceptors (Lipinski definition) is 34. The van der Waals surface area contributed by atoms with Crippen molar-refractivity contribution in [2.45, 2.75) is 49.6 Å². The molecule has 105 heavy (non-hydrogen) atoms. The van der Waals surface area contributed by atoms with Crippen LogP contribution in [0.15, 0.2) is 108 Å². The van der Waals surface area contributed by atoms with Gasteiger partial charge in [-0.2, -0.15) is 51.9 Å². The first-order chi connectivity index (χ1) is 50.3. The molecule has 2 fully saturated rings. The maximum atomic E-state index is 13.8. The van der Waals surface area contributed by atoms with E-state index in [1.807, 2.05) is 62.6 Å². The van der Waals surface area contributed by atoms with Crippen LogP contribution in [-0.2, 0) is 40.3 Å². The number of ether oxygens (including phenoxy) is 4. The molecule has 7 heterocycles. The van der Waals surface area contributed by atoms with E-state index < -0.39 is 75.8 Å². The number of carbonyl (C=O) groups excluding carboxylic acids is 4. The smallest absolute Gasteiger partial charge is 0.425 e. The van der Waals surface area contributed by atoms with E-state index in [-0.39, 0.29) is 55.8 Å². The Hall–Kier alpha value is -10.8. The standard InChI is InChI=1S/C63H63N19O14S5.O3S/c1-9-77(10-2)46-29-42(44(31-48(46)93-7)73-75-62-68-53(79-18-22-95-23-19-79)50(98-62)26-35(34-64)81-55(83)38-16-14-36(100(87,88)89)27-40(38)57(81)85)66-59-70-60(72-61(71-59)97-13-5)67-43-30-47(78(11-3)12-4)49(94-8)32-45(43)74-76-63-69-54(80-20-24-96-25-21-80)51(99-63)33-52(65-6)82-56(84)39-17-15-37(101(90,91)92)28-41(39)58(82)86;1-4(2)3/h14-17,26-33H,9-13,18-25H2,1-5,7-8H3,(H,87,88,89)(H,90,91,92)(H2,66,67,70,71,72);/b35-26+,52-33+,75-73?,76-74?;. The molecule has 4 aliphatic rings. The molecule has 3 aromatic heterocycles. The molecule has 0 atom stereocenters. The maximum Gasteiger partial charge on any atom is 0.425 e. The third-order valence-electron chi connectivity index (χ3n) is 16.1. The highest BCUT2D eigenvalue weighted by Crippen LogP contribution is 2.45. The molecular formula is C63H63N19O17S6. The van der Waals surface area contributed by atoms with Gasteiger partial charge in [-0.1, -0.05) is 47.9 Å². The van der Waals surface area contributed by atoms with Crippen LogP contribution < -0.4 is 39.7 Å². The van der Waals surface area contributed by atoms with Crippen LogP contribution in [0, 0.1) is 17.9 Å². The lowest BCUT2D eigenvalue weighted by Gasteiger charge is -2.27. The van der Waals surface area contributed by atoms with Gasteiger partial charge in [0.05, 0.1) is 105 Å². The third-order valence-corrected chi connectivity index (χ3v) is 20.3. The van der Waals surface area contributed by atoms with E-state index in [0.717, 1.165) is 59.1 Å². The Morgan fingerprint density at radius 3 is 1.44 bits per heavy atom. The molecule has 4 aromatic carbocycles. The van der Waals surface area contributed by atoms with Gasteiger partial charge >= 0.3 is 22.4 Å². The second-order valence-electron chi connectivity index (χ2n) is 22.1. The molecular weight excluding hydrogens is 1490 g/mol. The first-order valence-electron chi connectivity index (χ1n) is 31.6. The van der Waals surface area contributed by atoms with E-state index in [1.54, 1.807) is 12.1 Å². The minimum Gasteiger partial charge on any atom is -0.494 e. The molecule has 2 saturated heterocycles. The van der Waals surface area contributed by atoms with Gasteiger partial charge in [0.2, 0.25) is 28.0 Å². The Labute approximate surface area is 614 Å². The Balaban J connectivity index is 0.00000288. The largest absolute Gasteiger partial charge is 0.494 e. The summed E-state index contributed by atoms with van der Waals surface area (Å²) in [7, 11) is -9.55. The summed E-state index contributed by atoms with van der Waals surface area (Å²) in [5.74, 6) is -1.85. The highest BCUT2D eigenvalue weighted by Gasteiger charge is 2.44. The lowest BCUT2D eigenvalue weighted by atomic mass is 10.1. The molecule has 11 rings (SSSR count). The van der Waals surface area contributed by atoms with Crippen molar-refractivity contribution in [3.05, 3.63) is 116 Å². The number of anilines is 8. The van der Waals surface area contributed by atoms with Crippen molar-refractivity contribution in [3.8, 4) is 17.6 Å². The molecule has 0 spiro atoms. The molecule has 0 saturated carbocycles. The number of rotatable bonds is 26. The average Bonchev–Trinajstić information content (AvgIpc) is 1.63. The predicted molar refractivity (Wildman–Crippen MR) is 386 cm³/mol. The summed E-state index contributed by atoms with van der Waals surface area (Å²) in [6.07, 6.45) is 2.64. The third kappa shape index (κ3) is 17.2. The fraction of sp³-hybridized carbons (Fsp3) is 0.317. The normalized spacial score (nSPS) is 14.8. The number of hydrogen-bond donors (Lipinski definition) is 4. The summed E-state index contributed by atoms with van der Waals surface area (Å²) in [6, 6.07) is 14.9. The summed E-state index contributed by atoms with van der Waals surface area (Å²) in [5.41, 5.74) is 1.19. The van der Waals surface area contributed by atoms with Gasteiger partial charge in [0.25, 0.3) is 32.1 Å². The van der Waals surface area contributed by atoms with Crippen LogP contribution >= 0.6 is 34.4 Å². The lowest BCUT2D eigenvalue weighted by molar-refractivity contribution is 0.0695. The highest BCUT2D eigenvalue weighted by atomic mass is 32.2. The molecule has 36 nitrogen and oxygen atoms in total. The number of fused-ring (bicyclic) bond motifs is 2. The molecule has 0 unspecified atom stereocenters. The van der Waals surface area contributed by atoms with Crippen molar-refractivity contribution < 1.29 is 76.7 Å². The Bertz CT molecular complexity index is 4870. The zero-order chi connectivity index (χ0) is 75.6. The van der Waals surface area contributed by atoms with Gasteiger partial charge in [0, 0.05) is 64.5 Å². The number of nitrogens with one attached hydrogen (secondary N) is 2. The van der Waals surface area contributed by atoms with Crippen LogP contribution in [0.25, 0.3) is 17.0 Å². The number of benzene rings is 4. The van der Waals surface area contributed by atoms with Crippen LogP contribution in [0.3, 0.4) is 0 Å². The van der Waals surface area contributed by atoms with Crippen LogP contribution in [0.2, 0.25) is 0 Å². The number of allylic oxidation sites excluding steroid dienone is 1. The van der Waals surface area contributed by atoms with E-state index in [9.17, 15) is 50.4 Å². The van der Waals surface area contributed by atoms with Crippen LogP contribution in [0.5, 0.6) is 11.5 Å². The topological polar surface area (TPSA) is 451 Å². The summed E-state index contributed by atoms with van der Waals surface area (Å²) in [6.45, 7) is 23.3. The molecule has 7 aromatic rings. The fourth-order valence-corrected chi connectivity index (χ4v) is 14.4. The van der Waals surface area contributed by atoms with Gasteiger partial charge in [-0.05, 0) is 94.1 Å². The number of methoxy groups -OCH3 is 2. The van der Waals surface area contributed by atoms with Gasteiger partial charge in [-0.3, -0.25) is 18.7 Å². The highest BCUT2D eigenvalue weighted by molar-refractivity contribution is 7.99. The summed E-state index contributed by atoms with van der Waals surface area (Å²) in [4.78, 5) is 91.5. The van der Waals surface area contributed by atoms with Crippen molar-refractivity contribution in [2.24, 2.45) is 20.5 Å². The van der Waals surface area contributed by atoms with Crippen molar-refractivity contribution in [1.82, 2.24) is 34.7 Å². The number of nitrogens with zero attached hydrogens (tertiary/aromatic N) is 17. The van der Waals surface area contributed by atoms with Gasteiger partial charge in [0.15, 0.2) is 5.16 Å². The number of imide groups is 2. The second kappa shape index (κ2) is 33.3. The molecule has 42 heteroatoms.